The SMILES string of the molecule is CC(=O)N[C@@H](C(=O)S(=O)(=O)O)[C@@H](O)[C@H](O)[C@H](O)CO. The molecule has 0 aliphatic carbocycles. The maximum Gasteiger partial charge on any atom is 0.331 e. The topological polar surface area (TPSA) is 181 Å². The number of carbonyl (C=O) groups excluding carboxylic acids is 2. The van der Waals surface area contributed by atoms with Crippen molar-refractivity contribution in [3.05, 3.63) is 0 Å². The van der Waals surface area contributed by atoms with Gasteiger partial charge in [-0.1, -0.05) is 0 Å². The summed E-state index contributed by atoms with van der Waals surface area (Å²) in [7, 11) is -5.23. The second-order valence-corrected chi connectivity index (χ2v) is 5.06. The predicted molar refractivity (Wildman–Crippen MR) is 59.3 cm³/mol. The molecule has 0 aromatic carbocycles. The van der Waals surface area contributed by atoms with Gasteiger partial charge >= 0.3 is 10.1 Å². The molecule has 10 nitrogen and oxygen atoms in total. The highest BCUT2D eigenvalue weighted by atomic mass is 32.2. The van der Waals surface area contributed by atoms with E-state index in [1.807, 2.05) is 0 Å². The molecule has 0 fully saturated rings. The number of aliphatic hydroxyl groups is 4. The molecule has 0 bridgehead atoms. The van der Waals surface area contributed by atoms with Crippen molar-refractivity contribution in [3.63, 3.8) is 0 Å². The van der Waals surface area contributed by atoms with Gasteiger partial charge in [0.2, 0.25) is 5.91 Å². The minimum Gasteiger partial charge on any atom is -0.394 e. The lowest BCUT2D eigenvalue weighted by Gasteiger charge is -2.27. The normalized spacial score (nSPS) is 18.2. The molecule has 4 atom stereocenters. The Morgan fingerprint density at radius 1 is 1.16 bits per heavy atom. The minimum absolute atomic E-state index is 0.895. The highest BCUT2D eigenvalue weighted by molar-refractivity contribution is 8.01. The third kappa shape index (κ3) is 5.18. The van der Waals surface area contributed by atoms with E-state index in [9.17, 15) is 28.2 Å². The van der Waals surface area contributed by atoms with Gasteiger partial charge in [-0.05, 0) is 0 Å². The van der Waals surface area contributed by atoms with Crippen molar-refractivity contribution in [3.8, 4) is 0 Å². The quantitative estimate of drug-likeness (QED) is 0.266. The number of hydrogen-bond acceptors (Lipinski definition) is 8. The van der Waals surface area contributed by atoms with Crippen molar-refractivity contribution < 1.29 is 43.0 Å². The summed E-state index contributed by atoms with van der Waals surface area (Å²) in [5.74, 6) is -0.924. The molecular formula is C8H15NO9S. The number of aliphatic hydroxyl groups excluding tert-OH is 4. The zero-order valence-corrected chi connectivity index (χ0v) is 10.6. The van der Waals surface area contributed by atoms with Gasteiger partial charge in [0.05, 0.1) is 6.61 Å². The van der Waals surface area contributed by atoms with Crippen LogP contribution in [0.2, 0.25) is 0 Å². The molecule has 112 valence electrons. The van der Waals surface area contributed by atoms with Gasteiger partial charge in [0, 0.05) is 6.92 Å². The van der Waals surface area contributed by atoms with E-state index in [0.29, 0.717) is 0 Å². The first-order chi connectivity index (χ1) is 8.52. The van der Waals surface area contributed by atoms with E-state index < -0.39 is 52.1 Å². The van der Waals surface area contributed by atoms with E-state index in [0.717, 1.165) is 6.92 Å². The van der Waals surface area contributed by atoms with E-state index in [-0.39, 0.29) is 0 Å². The van der Waals surface area contributed by atoms with Gasteiger partial charge < -0.3 is 25.7 Å². The fourth-order valence-corrected chi connectivity index (χ4v) is 1.72. The predicted octanol–water partition coefficient (Wildman–Crippen LogP) is -4.02. The maximum atomic E-state index is 11.3. The van der Waals surface area contributed by atoms with Crippen LogP contribution in [-0.4, -0.2) is 75.4 Å². The monoisotopic (exact) mass is 301 g/mol. The highest BCUT2D eigenvalue weighted by Crippen LogP contribution is 2.08. The molecule has 0 aliphatic rings. The maximum absolute atomic E-state index is 11.3. The molecule has 0 rings (SSSR count). The summed E-state index contributed by atoms with van der Waals surface area (Å²) in [4.78, 5) is 22.1. The van der Waals surface area contributed by atoms with Crippen molar-refractivity contribution in [2.45, 2.75) is 31.3 Å². The lowest BCUT2D eigenvalue weighted by Crippen LogP contribution is -2.57. The number of nitrogens with one attached hydrogen (secondary N) is 1. The zero-order chi connectivity index (χ0) is 15.4. The second kappa shape index (κ2) is 6.88. The minimum atomic E-state index is -5.23. The van der Waals surface area contributed by atoms with Crippen molar-refractivity contribution in [1.82, 2.24) is 5.32 Å². The number of amides is 1. The van der Waals surface area contributed by atoms with Gasteiger partial charge in [-0.15, -0.1) is 0 Å². The van der Waals surface area contributed by atoms with E-state index >= 15 is 0 Å². The molecule has 0 aromatic rings. The van der Waals surface area contributed by atoms with Crippen molar-refractivity contribution in [2.24, 2.45) is 0 Å². The molecular weight excluding hydrogens is 286 g/mol. The van der Waals surface area contributed by atoms with Crippen LogP contribution in [0.5, 0.6) is 0 Å². The second-order valence-electron chi connectivity index (χ2n) is 3.70. The van der Waals surface area contributed by atoms with E-state index in [4.69, 9.17) is 14.8 Å². The summed E-state index contributed by atoms with van der Waals surface area (Å²) < 4.78 is 29.9. The first kappa shape index (κ1) is 17.9. The standard InChI is InChI=1S/C8H15NO9S/c1-3(11)9-5(8(15)19(16,17)18)7(14)6(13)4(12)2-10/h4-7,10,12-14H,2H2,1H3,(H,9,11)(H,16,17,18)/t4-,5-,6-,7-/m1/s1. The van der Waals surface area contributed by atoms with Crippen LogP contribution in [0.1, 0.15) is 6.92 Å². The third-order valence-electron chi connectivity index (χ3n) is 2.14. The molecule has 0 saturated heterocycles. The van der Waals surface area contributed by atoms with Crippen LogP contribution in [0.3, 0.4) is 0 Å². The van der Waals surface area contributed by atoms with Crippen molar-refractivity contribution in [2.75, 3.05) is 6.61 Å². The molecule has 0 unspecified atom stereocenters. The van der Waals surface area contributed by atoms with Gasteiger partial charge in [-0.2, -0.15) is 8.42 Å². The molecule has 0 saturated carbocycles. The third-order valence-corrected chi connectivity index (χ3v) is 2.90. The Kier molecular flexibility index (Phi) is 6.48. The molecule has 0 spiro atoms. The Labute approximate surface area is 108 Å². The molecule has 0 heterocycles. The van der Waals surface area contributed by atoms with E-state index in [1.165, 1.54) is 0 Å². The Morgan fingerprint density at radius 3 is 1.95 bits per heavy atom. The molecule has 0 aliphatic heterocycles. The largest absolute Gasteiger partial charge is 0.394 e. The van der Waals surface area contributed by atoms with Crippen LogP contribution in [0.25, 0.3) is 0 Å². The fourth-order valence-electron chi connectivity index (χ4n) is 1.20. The average Bonchev–Trinajstić information content (AvgIpc) is 2.30. The van der Waals surface area contributed by atoms with Crippen LogP contribution in [0, 0.1) is 0 Å². The first-order valence-corrected chi connectivity index (χ1v) is 6.39. The summed E-state index contributed by atoms with van der Waals surface area (Å²) in [6, 6.07) is -2.19. The van der Waals surface area contributed by atoms with Gasteiger partial charge in [0.25, 0.3) is 5.12 Å². The van der Waals surface area contributed by atoms with Gasteiger partial charge in [-0.25, -0.2) is 0 Å². The molecule has 0 radical (unpaired) electrons. The van der Waals surface area contributed by atoms with Crippen LogP contribution in [-0.2, 0) is 19.7 Å². The van der Waals surface area contributed by atoms with E-state index in [1.54, 1.807) is 5.32 Å². The van der Waals surface area contributed by atoms with Gasteiger partial charge in [0.15, 0.2) is 0 Å². The fraction of sp³-hybridized carbons (Fsp3) is 0.750. The van der Waals surface area contributed by atoms with Gasteiger partial charge in [-0.3, -0.25) is 14.1 Å². The Hall–Kier alpha value is -1.11. The van der Waals surface area contributed by atoms with Crippen LogP contribution < -0.4 is 5.32 Å². The van der Waals surface area contributed by atoms with Gasteiger partial charge in [0.1, 0.15) is 24.4 Å². The Bertz CT molecular complexity index is 434. The summed E-state index contributed by atoms with van der Waals surface area (Å²) in [5, 5.41) is 36.3. The van der Waals surface area contributed by atoms with Crippen LogP contribution in [0.4, 0.5) is 0 Å². The number of hydrogen-bond donors (Lipinski definition) is 6. The molecule has 6 N–H and O–H groups in total. The number of carbonyl (C=O) groups is 2. The summed E-state index contributed by atoms with van der Waals surface area (Å²) >= 11 is 0. The lowest BCUT2D eigenvalue weighted by molar-refractivity contribution is -0.132. The molecule has 19 heavy (non-hydrogen) atoms. The zero-order valence-electron chi connectivity index (χ0n) is 9.79. The Balaban J connectivity index is 5.26. The van der Waals surface area contributed by atoms with Crippen LogP contribution in [0.15, 0.2) is 0 Å². The molecule has 0 aromatic heterocycles. The van der Waals surface area contributed by atoms with E-state index in [2.05, 4.69) is 0 Å². The first-order valence-electron chi connectivity index (χ1n) is 4.95. The smallest absolute Gasteiger partial charge is 0.331 e. The summed E-state index contributed by atoms with van der Waals surface area (Å²) in [5.41, 5.74) is 0. The average molecular weight is 301 g/mol. The van der Waals surface area contributed by atoms with Crippen LogP contribution >= 0.6 is 0 Å². The lowest BCUT2D eigenvalue weighted by atomic mass is 10.0. The van der Waals surface area contributed by atoms with Crippen molar-refractivity contribution >= 4 is 21.1 Å². The molecule has 1 amide bonds. The Morgan fingerprint density at radius 2 is 1.63 bits per heavy atom. The summed E-state index contributed by atoms with van der Waals surface area (Å²) in [6.07, 6.45) is -6.24. The molecule has 11 heteroatoms. The van der Waals surface area contributed by atoms with Crippen molar-refractivity contribution in [1.29, 1.82) is 0 Å². The highest BCUT2D eigenvalue weighted by Gasteiger charge is 2.40. The summed E-state index contributed by atoms with van der Waals surface area (Å²) in [6.45, 7) is -0.0864. The number of rotatable bonds is 6.